The van der Waals surface area contributed by atoms with Crippen LogP contribution >= 0.6 is 11.8 Å². The van der Waals surface area contributed by atoms with Crippen LogP contribution in [-0.2, 0) is 0 Å². The Hall–Kier alpha value is -0.0700. The second-order valence-corrected chi connectivity index (χ2v) is 4.03. The predicted octanol–water partition coefficient (Wildman–Crippen LogP) is -0.781. The minimum Gasteiger partial charge on any atom is -0.389 e. The van der Waals surface area contributed by atoms with E-state index in [9.17, 15) is 15.3 Å². The molecule has 0 aliphatic carbocycles. The van der Waals surface area contributed by atoms with Gasteiger partial charge in [-0.2, -0.15) is 0 Å². The van der Waals surface area contributed by atoms with Crippen molar-refractivity contribution < 1.29 is 15.3 Å². The monoisotopic (exact) mass is 205 g/mol. The van der Waals surface area contributed by atoms with Gasteiger partial charge < -0.3 is 15.3 Å². The molecule has 1 heterocycles. The molecule has 13 heavy (non-hydrogen) atoms. The maximum atomic E-state index is 9.40. The Labute approximate surface area is 81.9 Å². The first-order valence-electron chi connectivity index (χ1n) is 4.13. The SMILES string of the molecule is C=CCSCN1CC(O)C(O)C1O. The molecule has 0 aromatic heterocycles. The van der Waals surface area contributed by atoms with Gasteiger partial charge in [0.25, 0.3) is 0 Å². The Morgan fingerprint density at radius 1 is 1.46 bits per heavy atom. The Kier molecular flexibility index (Phi) is 4.21. The summed E-state index contributed by atoms with van der Waals surface area (Å²) in [6.45, 7) is 3.90. The largest absolute Gasteiger partial charge is 0.389 e. The van der Waals surface area contributed by atoms with E-state index >= 15 is 0 Å². The van der Waals surface area contributed by atoms with Gasteiger partial charge in [-0.15, -0.1) is 18.3 Å². The molecule has 3 N–H and O–H groups in total. The van der Waals surface area contributed by atoms with Crippen molar-refractivity contribution in [3.8, 4) is 0 Å². The first-order chi connectivity index (χ1) is 6.16. The Balaban J connectivity index is 2.31. The van der Waals surface area contributed by atoms with Gasteiger partial charge in [0, 0.05) is 18.2 Å². The molecule has 1 saturated heterocycles. The second kappa shape index (κ2) is 4.97. The number of aliphatic hydroxyl groups is 3. The van der Waals surface area contributed by atoms with Gasteiger partial charge in [-0.1, -0.05) is 6.08 Å². The minimum atomic E-state index is -1.04. The van der Waals surface area contributed by atoms with Gasteiger partial charge in [0.2, 0.25) is 0 Å². The molecule has 0 aromatic rings. The molecule has 0 amide bonds. The molecule has 0 spiro atoms. The Morgan fingerprint density at radius 3 is 2.62 bits per heavy atom. The third-order valence-corrected chi connectivity index (χ3v) is 2.97. The van der Waals surface area contributed by atoms with Gasteiger partial charge in [-0.3, -0.25) is 4.90 Å². The van der Waals surface area contributed by atoms with Crippen molar-refractivity contribution in [3.63, 3.8) is 0 Å². The normalized spacial score (nSPS) is 35.2. The molecule has 0 saturated carbocycles. The van der Waals surface area contributed by atoms with E-state index < -0.39 is 18.4 Å². The Morgan fingerprint density at radius 2 is 2.15 bits per heavy atom. The van der Waals surface area contributed by atoms with Crippen LogP contribution in [0.4, 0.5) is 0 Å². The lowest BCUT2D eigenvalue weighted by atomic mass is 10.2. The maximum Gasteiger partial charge on any atom is 0.136 e. The molecule has 1 aliphatic heterocycles. The molecule has 3 unspecified atom stereocenters. The number of thioether (sulfide) groups is 1. The number of rotatable bonds is 4. The van der Waals surface area contributed by atoms with E-state index in [0.29, 0.717) is 12.4 Å². The van der Waals surface area contributed by atoms with Crippen molar-refractivity contribution in [2.45, 2.75) is 18.4 Å². The average molecular weight is 205 g/mol. The van der Waals surface area contributed by atoms with Crippen LogP contribution in [0.25, 0.3) is 0 Å². The lowest BCUT2D eigenvalue weighted by molar-refractivity contribution is -0.0497. The summed E-state index contributed by atoms with van der Waals surface area (Å²) in [6.07, 6.45) is -1.03. The lowest BCUT2D eigenvalue weighted by Crippen LogP contribution is -2.35. The molecule has 4 nitrogen and oxygen atoms in total. The molecule has 1 aliphatic rings. The molecule has 3 atom stereocenters. The fraction of sp³-hybridized carbons (Fsp3) is 0.750. The molecular formula is C8H15NO3S. The number of nitrogens with zero attached hydrogens (tertiary/aromatic N) is 1. The minimum absolute atomic E-state index is 0.326. The highest BCUT2D eigenvalue weighted by Crippen LogP contribution is 2.19. The van der Waals surface area contributed by atoms with Crippen LogP contribution in [0.1, 0.15) is 0 Å². The van der Waals surface area contributed by atoms with Crippen LogP contribution in [0, 0.1) is 0 Å². The van der Waals surface area contributed by atoms with E-state index in [4.69, 9.17) is 0 Å². The lowest BCUT2D eigenvalue weighted by Gasteiger charge is -2.19. The van der Waals surface area contributed by atoms with Crippen molar-refractivity contribution in [1.29, 1.82) is 0 Å². The molecular weight excluding hydrogens is 190 g/mol. The van der Waals surface area contributed by atoms with Crippen LogP contribution in [0.15, 0.2) is 12.7 Å². The van der Waals surface area contributed by atoms with Crippen molar-refractivity contribution in [3.05, 3.63) is 12.7 Å². The van der Waals surface area contributed by atoms with Gasteiger partial charge >= 0.3 is 0 Å². The quantitative estimate of drug-likeness (QED) is 0.415. The third-order valence-electron chi connectivity index (χ3n) is 1.99. The fourth-order valence-electron chi connectivity index (χ4n) is 1.25. The van der Waals surface area contributed by atoms with Gasteiger partial charge in [0.05, 0.1) is 6.10 Å². The van der Waals surface area contributed by atoms with E-state index in [1.54, 1.807) is 22.7 Å². The first kappa shape index (κ1) is 11.0. The summed E-state index contributed by atoms with van der Waals surface area (Å²) in [7, 11) is 0. The molecule has 0 aromatic carbocycles. The summed E-state index contributed by atoms with van der Waals surface area (Å²) in [4.78, 5) is 1.64. The summed E-state index contributed by atoms with van der Waals surface area (Å²) in [6, 6.07) is 0. The van der Waals surface area contributed by atoms with Crippen LogP contribution in [0.3, 0.4) is 0 Å². The number of hydrogen-bond acceptors (Lipinski definition) is 5. The molecule has 76 valence electrons. The number of hydrogen-bond donors (Lipinski definition) is 3. The van der Waals surface area contributed by atoms with Crippen LogP contribution in [0.5, 0.6) is 0 Å². The first-order valence-corrected chi connectivity index (χ1v) is 5.29. The summed E-state index contributed by atoms with van der Waals surface area (Å²) in [5.41, 5.74) is 0. The standard InChI is InChI=1S/C8H15NO3S/c1-2-3-13-5-9-4-6(10)7(11)8(9)12/h2,6-8,10-12H,1,3-5H2. The zero-order chi connectivity index (χ0) is 9.84. The second-order valence-electron chi connectivity index (χ2n) is 3.03. The van der Waals surface area contributed by atoms with Gasteiger partial charge in [-0.05, 0) is 0 Å². The van der Waals surface area contributed by atoms with Crippen LogP contribution in [0.2, 0.25) is 0 Å². The highest BCUT2D eigenvalue weighted by molar-refractivity contribution is 7.99. The summed E-state index contributed by atoms with van der Waals surface area (Å²) in [5, 5.41) is 27.8. The van der Waals surface area contributed by atoms with Gasteiger partial charge in [-0.25, -0.2) is 0 Å². The summed E-state index contributed by atoms with van der Waals surface area (Å²) >= 11 is 1.58. The highest BCUT2D eigenvalue weighted by atomic mass is 32.2. The van der Waals surface area contributed by atoms with Crippen LogP contribution < -0.4 is 0 Å². The number of likely N-dealkylation sites (tertiary alicyclic amines) is 1. The van der Waals surface area contributed by atoms with E-state index in [1.165, 1.54) is 0 Å². The van der Waals surface area contributed by atoms with E-state index in [0.717, 1.165) is 5.75 Å². The topological polar surface area (TPSA) is 63.9 Å². The summed E-state index contributed by atoms with van der Waals surface area (Å²) < 4.78 is 0. The third kappa shape index (κ3) is 2.69. The van der Waals surface area contributed by atoms with Crippen molar-refractivity contribution in [1.82, 2.24) is 4.90 Å². The zero-order valence-corrected chi connectivity index (χ0v) is 8.15. The average Bonchev–Trinajstić information content (AvgIpc) is 2.34. The van der Waals surface area contributed by atoms with E-state index in [-0.39, 0.29) is 0 Å². The van der Waals surface area contributed by atoms with Crippen molar-refractivity contribution in [2.75, 3.05) is 18.2 Å². The maximum absolute atomic E-state index is 9.40. The van der Waals surface area contributed by atoms with Gasteiger partial charge in [0.1, 0.15) is 12.3 Å². The predicted molar refractivity (Wildman–Crippen MR) is 52.2 cm³/mol. The number of β-amino-alcohol motifs (C(OH)–C–C–N with tert-alkyl or cyclic N) is 1. The molecule has 0 bridgehead atoms. The highest BCUT2D eigenvalue weighted by Gasteiger charge is 2.38. The van der Waals surface area contributed by atoms with Crippen molar-refractivity contribution >= 4 is 11.8 Å². The van der Waals surface area contributed by atoms with Crippen molar-refractivity contribution in [2.24, 2.45) is 0 Å². The smallest absolute Gasteiger partial charge is 0.136 e. The Bertz CT molecular complexity index is 179. The van der Waals surface area contributed by atoms with E-state index in [2.05, 4.69) is 6.58 Å². The fourth-order valence-corrected chi connectivity index (χ4v) is 2.02. The molecule has 1 rings (SSSR count). The molecule has 5 heteroatoms. The number of aliphatic hydroxyl groups excluding tert-OH is 3. The van der Waals surface area contributed by atoms with Gasteiger partial charge in [0.15, 0.2) is 0 Å². The van der Waals surface area contributed by atoms with Crippen LogP contribution in [-0.4, -0.2) is 56.8 Å². The van der Waals surface area contributed by atoms with E-state index in [1.807, 2.05) is 0 Å². The molecule has 0 radical (unpaired) electrons. The zero-order valence-electron chi connectivity index (χ0n) is 7.33. The summed E-state index contributed by atoms with van der Waals surface area (Å²) in [5.74, 6) is 1.40. The molecule has 1 fully saturated rings.